The van der Waals surface area contributed by atoms with Crippen molar-refractivity contribution in [2.75, 3.05) is 13.7 Å². The maximum absolute atomic E-state index is 14.3. The van der Waals surface area contributed by atoms with Gasteiger partial charge in [0.2, 0.25) is 0 Å². The molecule has 4 heterocycles. The number of methoxy groups -OCH3 is 1. The molecule has 0 saturated heterocycles. The van der Waals surface area contributed by atoms with E-state index >= 15 is 0 Å². The lowest BCUT2D eigenvalue weighted by molar-refractivity contribution is 0.411. The summed E-state index contributed by atoms with van der Waals surface area (Å²) in [5.41, 5.74) is 9.32. The zero-order chi connectivity index (χ0) is 26.8. The van der Waals surface area contributed by atoms with Crippen LogP contribution in [-0.2, 0) is 0 Å². The number of aromatic nitrogens is 3. The average Bonchev–Trinajstić information content (AvgIpc) is 3.28. The van der Waals surface area contributed by atoms with E-state index in [-0.39, 0.29) is 5.82 Å². The normalized spacial score (nSPS) is 16.3. The fourth-order valence-corrected chi connectivity index (χ4v) is 4.84. The van der Waals surface area contributed by atoms with Gasteiger partial charge in [-0.25, -0.2) is 4.39 Å². The second kappa shape index (κ2) is 10.7. The molecule has 1 aliphatic rings. The predicted molar refractivity (Wildman–Crippen MR) is 153 cm³/mol. The van der Waals surface area contributed by atoms with Crippen molar-refractivity contribution in [1.29, 1.82) is 0 Å². The van der Waals surface area contributed by atoms with Crippen molar-refractivity contribution in [2.24, 2.45) is 15.9 Å². The van der Waals surface area contributed by atoms with Gasteiger partial charge in [0.25, 0.3) is 0 Å². The highest BCUT2D eigenvalue weighted by Gasteiger charge is 2.19. The number of nitrogens with one attached hydrogen (secondary N) is 1. The number of hydrogen-bond acceptors (Lipinski definition) is 5. The van der Waals surface area contributed by atoms with E-state index in [4.69, 9.17) is 14.7 Å². The number of aryl methyl sites for hydroxylation is 1. The number of ether oxygens (including phenoxy) is 1. The molecule has 0 amide bonds. The Balaban J connectivity index is 1.60. The van der Waals surface area contributed by atoms with Gasteiger partial charge in [-0.2, -0.15) is 0 Å². The predicted octanol–water partition coefficient (Wildman–Crippen LogP) is 7.17. The summed E-state index contributed by atoms with van der Waals surface area (Å²) in [6.07, 6.45) is 9.45. The molecule has 1 N–H and O–H groups in total. The molecule has 1 aromatic carbocycles. The number of nitrogens with zero attached hydrogens (tertiary/aromatic N) is 4. The first-order valence-corrected chi connectivity index (χ1v) is 12.9. The van der Waals surface area contributed by atoms with Crippen LogP contribution in [0.25, 0.3) is 27.6 Å². The van der Waals surface area contributed by atoms with Gasteiger partial charge >= 0.3 is 0 Å². The third-order valence-electron chi connectivity index (χ3n) is 7.23. The first kappa shape index (κ1) is 25.5. The molecule has 0 saturated carbocycles. The van der Waals surface area contributed by atoms with Gasteiger partial charge in [0.1, 0.15) is 11.6 Å². The van der Waals surface area contributed by atoms with Gasteiger partial charge in [-0.3, -0.25) is 20.0 Å². The molecule has 0 spiro atoms. The van der Waals surface area contributed by atoms with Crippen LogP contribution in [0.5, 0.6) is 5.75 Å². The lowest BCUT2D eigenvalue weighted by atomic mass is 9.94. The Morgan fingerprint density at radius 3 is 2.74 bits per heavy atom. The van der Waals surface area contributed by atoms with Crippen molar-refractivity contribution in [3.8, 4) is 16.9 Å². The fourth-order valence-electron chi connectivity index (χ4n) is 4.84. The number of H-pyrrole nitrogens is 1. The van der Waals surface area contributed by atoms with E-state index in [1.165, 1.54) is 24.8 Å². The van der Waals surface area contributed by atoms with Crippen molar-refractivity contribution < 1.29 is 9.13 Å². The average molecular weight is 510 g/mol. The molecule has 194 valence electrons. The summed E-state index contributed by atoms with van der Waals surface area (Å²) in [6, 6.07) is 8.91. The van der Waals surface area contributed by atoms with Crippen LogP contribution in [-0.4, -0.2) is 40.0 Å². The van der Waals surface area contributed by atoms with Crippen molar-refractivity contribution in [3.05, 3.63) is 83.5 Å². The van der Waals surface area contributed by atoms with Gasteiger partial charge in [-0.15, -0.1) is 0 Å². The SMILES string of the molecule is CC/N=C(/c1cc2c(-c3cc(F)cc(OC)c3)cncc2[nH]1)c1cc(C2=CN=C(C)C(C)CC2)cnc1C. The summed E-state index contributed by atoms with van der Waals surface area (Å²) >= 11 is 0. The van der Waals surface area contributed by atoms with Crippen LogP contribution in [0.4, 0.5) is 4.39 Å². The van der Waals surface area contributed by atoms with E-state index in [2.05, 4.69) is 40.9 Å². The molecule has 0 radical (unpaired) electrons. The summed E-state index contributed by atoms with van der Waals surface area (Å²) in [7, 11) is 1.53. The molecule has 0 aliphatic carbocycles. The molecule has 1 atom stereocenters. The Morgan fingerprint density at radius 1 is 1.11 bits per heavy atom. The van der Waals surface area contributed by atoms with Crippen molar-refractivity contribution in [1.82, 2.24) is 15.0 Å². The Morgan fingerprint density at radius 2 is 1.95 bits per heavy atom. The van der Waals surface area contributed by atoms with Crippen molar-refractivity contribution in [2.45, 2.75) is 40.5 Å². The lowest BCUT2D eigenvalue weighted by Crippen LogP contribution is -2.09. The molecule has 1 aliphatic heterocycles. The Labute approximate surface area is 222 Å². The van der Waals surface area contributed by atoms with E-state index in [1.807, 2.05) is 32.3 Å². The van der Waals surface area contributed by atoms with Crippen LogP contribution in [0.15, 0.2) is 65.1 Å². The second-order valence-electron chi connectivity index (χ2n) is 9.76. The number of benzene rings is 1. The zero-order valence-electron chi connectivity index (χ0n) is 22.5. The molecule has 38 heavy (non-hydrogen) atoms. The quantitative estimate of drug-likeness (QED) is 0.280. The minimum Gasteiger partial charge on any atom is -0.497 e. The second-order valence-corrected chi connectivity index (χ2v) is 9.76. The minimum atomic E-state index is -0.361. The smallest absolute Gasteiger partial charge is 0.127 e. The molecule has 0 fully saturated rings. The summed E-state index contributed by atoms with van der Waals surface area (Å²) < 4.78 is 19.6. The molecule has 1 unspecified atom stereocenters. The number of allylic oxidation sites excluding steroid dienone is 1. The zero-order valence-corrected chi connectivity index (χ0v) is 22.5. The number of fused-ring (bicyclic) bond motifs is 1. The van der Waals surface area contributed by atoms with Gasteiger partial charge in [0.15, 0.2) is 0 Å². The standard InChI is InChI=1S/C31H32FN5O/c1-6-34-31(26-11-23(15-36-20(26)4)21-8-7-18(2)19(3)35-14-21)29-13-27-28(16-33-17-30(27)37-29)22-9-24(32)12-25(10-22)38-5/h9-18,37H,6-8H2,1-5H3/b34-31+. The summed E-state index contributed by atoms with van der Waals surface area (Å²) in [5.74, 6) is 0.563. The van der Waals surface area contributed by atoms with Gasteiger partial charge in [-0.05, 0) is 80.5 Å². The van der Waals surface area contributed by atoms with Crippen LogP contribution in [0.1, 0.15) is 56.1 Å². The number of halogens is 1. The number of aliphatic imine (C=N–C) groups is 2. The summed E-state index contributed by atoms with van der Waals surface area (Å²) in [4.78, 5) is 22.2. The van der Waals surface area contributed by atoms with Gasteiger partial charge in [0, 0.05) is 59.1 Å². The van der Waals surface area contributed by atoms with Crippen LogP contribution in [0.3, 0.4) is 0 Å². The maximum Gasteiger partial charge on any atom is 0.127 e. The van der Waals surface area contributed by atoms with Crippen LogP contribution in [0.2, 0.25) is 0 Å². The lowest BCUT2D eigenvalue weighted by Gasteiger charge is -2.13. The van der Waals surface area contributed by atoms with Crippen LogP contribution >= 0.6 is 0 Å². The highest BCUT2D eigenvalue weighted by molar-refractivity contribution is 6.15. The molecule has 4 aromatic rings. The third kappa shape index (κ3) is 5.01. The van der Waals surface area contributed by atoms with E-state index < -0.39 is 0 Å². The molecular formula is C31H32FN5O. The largest absolute Gasteiger partial charge is 0.497 e. The number of pyridine rings is 2. The monoisotopic (exact) mass is 509 g/mol. The summed E-state index contributed by atoms with van der Waals surface area (Å²) in [6.45, 7) is 8.95. The highest BCUT2D eigenvalue weighted by atomic mass is 19.1. The van der Waals surface area contributed by atoms with Crippen molar-refractivity contribution in [3.63, 3.8) is 0 Å². The Kier molecular flexibility index (Phi) is 7.18. The molecule has 5 rings (SSSR count). The first-order chi connectivity index (χ1) is 18.4. The van der Waals surface area contributed by atoms with E-state index in [0.29, 0.717) is 23.8 Å². The van der Waals surface area contributed by atoms with Crippen LogP contribution < -0.4 is 4.74 Å². The molecule has 7 heteroatoms. The minimum absolute atomic E-state index is 0.361. The van der Waals surface area contributed by atoms with Crippen LogP contribution in [0, 0.1) is 18.7 Å². The van der Waals surface area contributed by atoms with Gasteiger partial charge in [0.05, 0.1) is 30.2 Å². The number of rotatable bonds is 6. The van der Waals surface area contributed by atoms with E-state index in [0.717, 1.165) is 63.2 Å². The summed E-state index contributed by atoms with van der Waals surface area (Å²) in [5, 5.41) is 0.929. The third-order valence-corrected chi connectivity index (χ3v) is 7.23. The topological polar surface area (TPSA) is 75.5 Å². The van der Waals surface area contributed by atoms with Gasteiger partial charge in [-0.1, -0.05) is 6.92 Å². The maximum atomic E-state index is 14.3. The van der Waals surface area contributed by atoms with Gasteiger partial charge < -0.3 is 9.72 Å². The first-order valence-electron chi connectivity index (χ1n) is 12.9. The van der Waals surface area contributed by atoms with E-state index in [1.54, 1.807) is 12.4 Å². The Bertz CT molecular complexity index is 1600. The molecule has 3 aromatic heterocycles. The fraction of sp³-hybridized carbons (Fsp3) is 0.290. The molecular weight excluding hydrogens is 477 g/mol. The number of hydrogen-bond donors (Lipinski definition) is 1. The van der Waals surface area contributed by atoms with E-state index in [9.17, 15) is 4.39 Å². The molecule has 0 bridgehead atoms. The number of aromatic amines is 1. The van der Waals surface area contributed by atoms with Crippen molar-refractivity contribution >= 4 is 27.9 Å². The molecule has 6 nitrogen and oxygen atoms in total. The Hall–Kier alpha value is -4.13. The highest BCUT2D eigenvalue weighted by Crippen LogP contribution is 2.33.